The Balaban J connectivity index is 1.80. The third-order valence-electron chi connectivity index (χ3n) is 5.37. The maximum atomic E-state index is 12.7. The number of carbonyl (C=O) groups excluding carboxylic acids is 1. The minimum atomic E-state index is -0.926. The molecule has 1 aromatic rings. The minimum absolute atomic E-state index is 0.140. The molecular formula is C18H24N2O3. The van der Waals surface area contributed by atoms with Gasteiger partial charge in [0.15, 0.2) is 0 Å². The second-order valence-electron chi connectivity index (χ2n) is 7.34. The predicted octanol–water partition coefficient (Wildman–Crippen LogP) is 1.96. The van der Waals surface area contributed by atoms with Crippen LogP contribution in [0, 0.1) is 11.8 Å². The molecule has 2 atom stereocenters. The number of hydrogen-bond donors (Lipinski definition) is 1. The number of benzene rings is 1. The zero-order valence-corrected chi connectivity index (χ0v) is 14.0. The number of piperidine rings is 1. The van der Waals surface area contributed by atoms with Crippen molar-refractivity contribution in [1.29, 1.82) is 0 Å². The van der Waals surface area contributed by atoms with Gasteiger partial charge in [0.25, 0.3) is 0 Å². The quantitative estimate of drug-likeness (QED) is 0.926. The van der Waals surface area contributed by atoms with Gasteiger partial charge < -0.3 is 14.9 Å². The third kappa shape index (κ3) is 2.74. The first-order chi connectivity index (χ1) is 10.8. The van der Waals surface area contributed by atoms with Gasteiger partial charge in [0.1, 0.15) is 0 Å². The lowest BCUT2D eigenvalue weighted by Crippen LogP contribution is -2.38. The standard InChI is InChI=1S/C18H24N2O3/c1-18(2,17(22)23)13-4-6-14(7-5-13)20-11-12-10-19(3)9-8-15(12)16(20)21/h4-7,12,15H,8-11H2,1-3H3,(H,22,23)/t12-,15-/m1/s1. The van der Waals surface area contributed by atoms with Crippen LogP contribution < -0.4 is 4.90 Å². The average Bonchev–Trinajstić information content (AvgIpc) is 2.83. The summed E-state index contributed by atoms with van der Waals surface area (Å²) >= 11 is 0. The van der Waals surface area contributed by atoms with Gasteiger partial charge in [0.05, 0.1) is 5.41 Å². The molecule has 2 fully saturated rings. The Morgan fingerprint density at radius 2 is 1.87 bits per heavy atom. The van der Waals surface area contributed by atoms with E-state index in [1.54, 1.807) is 13.8 Å². The summed E-state index contributed by atoms with van der Waals surface area (Å²) in [6.07, 6.45) is 0.931. The first kappa shape index (κ1) is 16.0. The Kier molecular flexibility index (Phi) is 3.92. The number of anilines is 1. The lowest BCUT2D eigenvalue weighted by molar-refractivity contribution is -0.142. The zero-order chi connectivity index (χ0) is 16.8. The highest BCUT2D eigenvalue weighted by Crippen LogP contribution is 2.35. The molecule has 0 radical (unpaired) electrons. The van der Waals surface area contributed by atoms with Crippen molar-refractivity contribution in [3.05, 3.63) is 29.8 Å². The van der Waals surface area contributed by atoms with Gasteiger partial charge in [0, 0.05) is 30.6 Å². The predicted molar refractivity (Wildman–Crippen MR) is 88.6 cm³/mol. The summed E-state index contributed by atoms with van der Waals surface area (Å²) in [5, 5.41) is 9.31. The van der Waals surface area contributed by atoms with E-state index in [4.69, 9.17) is 0 Å². The molecule has 0 unspecified atom stereocenters. The highest BCUT2D eigenvalue weighted by molar-refractivity contribution is 5.97. The molecule has 1 N–H and O–H groups in total. The Morgan fingerprint density at radius 1 is 1.22 bits per heavy atom. The summed E-state index contributed by atoms with van der Waals surface area (Å²) in [7, 11) is 2.10. The largest absolute Gasteiger partial charge is 0.481 e. The van der Waals surface area contributed by atoms with Crippen LogP contribution in [0.3, 0.4) is 0 Å². The van der Waals surface area contributed by atoms with Crippen molar-refractivity contribution >= 4 is 17.6 Å². The number of likely N-dealkylation sites (tertiary alicyclic amines) is 1. The first-order valence-corrected chi connectivity index (χ1v) is 8.14. The van der Waals surface area contributed by atoms with Crippen molar-refractivity contribution < 1.29 is 14.7 Å². The van der Waals surface area contributed by atoms with Gasteiger partial charge >= 0.3 is 5.97 Å². The van der Waals surface area contributed by atoms with Gasteiger partial charge in [0.2, 0.25) is 5.91 Å². The number of hydrogen-bond acceptors (Lipinski definition) is 3. The van der Waals surface area contributed by atoms with Crippen molar-refractivity contribution in [1.82, 2.24) is 4.90 Å². The number of rotatable bonds is 3. The second-order valence-corrected chi connectivity index (χ2v) is 7.34. The van der Waals surface area contributed by atoms with Crippen LogP contribution >= 0.6 is 0 Å². The minimum Gasteiger partial charge on any atom is -0.481 e. The van der Waals surface area contributed by atoms with Gasteiger partial charge in [-0.3, -0.25) is 9.59 Å². The fourth-order valence-corrected chi connectivity index (χ4v) is 3.66. The Labute approximate surface area is 136 Å². The number of carboxylic acid groups (broad SMARTS) is 1. The highest BCUT2D eigenvalue weighted by Gasteiger charge is 2.43. The number of carboxylic acids is 1. The summed E-state index contributed by atoms with van der Waals surface area (Å²) in [5.41, 5.74) is 0.694. The number of amides is 1. The topological polar surface area (TPSA) is 60.9 Å². The van der Waals surface area contributed by atoms with Gasteiger partial charge in [-0.05, 0) is 51.6 Å². The fourth-order valence-electron chi connectivity index (χ4n) is 3.66. The first-order valence-electron chi connectivity index (χ1n) is 8.14. The normalized spacial score (nSPS) is 25.5. The van der Waals surface area contributed by atoms with Crippen LogP contribution in [0.4, 0.5) is 5.69 Å². The van der Waals surface area contributed by atoms with Gasteiger partial charge in [-0.2, -0.15) is 0 Å². The van der Waals surface area contributed by atoms with Crippen LogP contribution in [0.2, 0.25) is 0 Å². The Morgan fingerprint density at radius 3 is 2.48 bits per heavy atom. The fraction of sp³-hybridized carbons (Fsp3) is 0.556. The molecule has 2 aliphatic heterocycles. The molecule has 0 saturated carbocycles. The van der Waals surface area contributed by atoms with E-state index >= 15 is 0 Å². The Bertz CT molecular complexity index is 624. The SMILES string of the molecule is CN1CC[C@H]2C(=O)N(c3ccc(C(C)(C)C(=O)O)cc3)C[C@H]2C1. The van der Waals surface area contributed by atoms with Crippen molar-refractivity contribution in [2.75, 3.05) is 31.6 Å². The second kappa shape index (κ2) is 5.64. The number of aliphatic carboxylic acids is 1. The smallest absolute Gasteiger partial charge is 0.313 e. The molecule has 0 bridgehead atoms. The molecule has 0 spiro atoms. The summed E-state index contributed by atoms with van der Waals surface area (Å²) < 4.78 is 0. The molecule has 0 aliphatic carbocycles. The Hall–Kier alpha value is -1.88. The van der Waals surface area contributed by atoms with Gasteiger partial charge in [-0.15, -0.1) is 0 Å². The number of fused-ring (bicyclic) bond motifs is 1. The maximum Gasteiger partial charge on any atom is 0.313 e. The molecule has 3 rings (SSSR count). The van der Waals surface area contributed by atoms with Crippen molar-refractivity contribution in [3.63, 3.8) is 0 Å². The molecule has 5 nitrogen and oxygen atoms in total. The highest BCUT2D eigenvalue weighted by atomic mass is 16.4. The van der Waals surface area contributed by atoms with Crippen molar-refractivity contribution in [2.24, 2.45) is 11.8 Å². The monoisotopic (exact) mass is 316 g/mol. The number of nitrogens with zero attached hydrogens (tertiary/aromatic N) is 2. The van der Waals surface area contributed by atoms with E-state index in [-0.39, 0.29) is 11.8 Å². The van der Waals surface area contributed by atoms with E-state index in [1.165, 1.54) is 0 Å². The molecule has 1 aromatic carbocycles. The van der Waals surface area contributed by atoms with Crippen molar-refractivity contribution in [2.45, 2.75) is 25.7 Å². The van der Waals surface area contributed by atoms with E-state index in [9.17, 15) is 14.7 Å². The van der Waals surface area contributed by atoms with Crippen LogP contribution in [0.25, 0.3) is 0 Å². The molecule has 124 valence electrons. The summed E-state index contributed by atoms with van der Waals surface area (Å²) in [4.78, 5) is 28.2. The molecule has 1 amide bonds. The lowest BCUT2D eigenvalue weighted by Gasteiger charge is -2.29. The summed E-state index contributed by atoms with van der Waals surface area (Å²) in [6, 6.07) is 7.40. The van der Waals surface area contributed by atoms with Crippen LogP contribution in [0.1, 0.15) is 25.8 Å². The van der Waals surface area contributed by atoms with E-state index in [0.29, 0.717) is 5.92 Å². The molecular weight excluding hydrogens is 292 g/mol. The van der Waals surface area contributed by atoms with E-state index in [0.717, 1.165) is 37.3 Å². The van der Waals surface area contributed by atoms with Crippen LogP contribution in [0.5, 0.6) is 0 Å². The van der Waals surface area contributed by atoms with Gasteiger partial charge in [-0.25, -0.2) is 0 Å². The summed E-state index contributed by atoms with van der Waals surface area (Å²) in [5.74, 6) is -0.0948. The van der Waals surface area contributed by atoms with E-state index in [1.807, 2.05) is 29.2 Å². The third-order valence-corrected chi connectivity index (χ3v) is 5.37. The zero-order valence-electron chi connectivity index (χ0n) is 14.0. The molecule has 2 saturated heterocycles. The van der Waals surface area contributed by atoms with Gasteiger partial charge in [-0.1, -0.05) is 12.1 Å². The molecule has 0 aromatic heterocycles. The number of carbonyl (C=O) groups is 2. The maximum absolute atomic E-state index is 12.7. The van der Waals surface area contributed by atoms with E-state index in [2.05, 4.69) is 11.9 Å². The average molecular weight is 316 g/mol. The molecule has 2 heterocycles. The van der Waals surface area contributed by atoms with Crippen LogP contribution in [-0.2, 0) is 15.0 Å². The molecule has 2 aliphatic rings. The van der Waals surface area contributed by atoms with E-state index < -0.39 is 11.4 Å². The van der Waals surface area contributed by atoms with Crippen LogP contribution in [-0.4, -0.2) is 48.6 Å². The van der Waals surface area contributed by atoms with Crippen LogP contribution in [0.15, 0.2) is 24.3 Å². The lowest BCUT2D eigenvalue weighted by atomic mass is 9.85. The summed E-state index contributed by atoms with van der Waals surface area (Å²) in [6.45, 7) is 6.09. The molecule has 5 heteroatoms. The molecule has 23 heavy (non-hydrogen) atoms. The van der Waals surface area contributed by atoms with Crippen molar-refractivity contribution in [3.8, 4) is 0 Å².